The quantitative estimate of drug-likeness (QED) is 0.604. The highest BCUT2D eigenvalue weighted by Crippen LogP contribution is 2.25. The summed E-state index contributed by atoms with van der Waals surface area (Å²) in [5, 5.41) is 0. The van der Waals surface area contributed by atoms with Crippen molar-refractivity contribution in [1.29, 1.82) is 0 Å². The van der Waals surface area contributed by atoms with Gasteiger partial charge in [0.05, 0.1) is 0 Å². The zero-order valence-electron chi connectivity index (χ0n) is 9.90. The normalized spacial score (nSPS) is 11.3. The van der Waals surface area contributed by atoms with Crippen molar-refractivity contribution < 1.29 is 17.2 Å². The molecule has 0 aliphatic heterocycles. The van der Waals surface area contributed by atoms with Crippen LogP contribution in [0.5, 0.6) is 0 Å². The van der Waals surface area contributed by atoms with Gasteiger partial charge in [-0.25, -0.2) is 17.2 Å². The second-order valence-electron chi connectivity index (χ2n) is 3.89. The van der Waals surface area contributed by atoms with Gasteiger partial charge in [-0.3, -0.25) is 4.72 Å². The Balaban J connectivity index is 2.44. The Morgan fingerprint density at radius 2 is 1.85 bits per heavy atom. The Kier molecular flexibility index (Phi) is 4.14. The molecule has 0 heterocycles. The molecule has 3 N–H and O–H groups in total. The predicted octanol–water partition coefficient (Wildman–Crippen LogP) is 2.95. The van der Waals surface area contributed by atoms with Crippen LogP contribution in [0.4, 0.5) is 20.2 Å². The van der Waals surface area contributed by atoms with Gasteiger partial charge in [-0.05, 0) is 52.9 Å². The molecule has 0 aliphatic carbocycles. The van der Waals surface area contributed by atoms with Gasteiger partial charge in [0.2, 0.25) is 0 Å². The molecule has 0 aromatic heterocycles. The highest BCUT2D eigenvalue weighted by Gasteiger charge is 2.22. The van der Waals surface area contributed by atoms with E-state index in [-0.39, 0.29) is 5.69 Å². The van der Waals surface area contributed by atoms with Crippen LogP contribution in [0.15, 0.2) is 41.3 Å². The third-order valence-electron chi connectivity index (χ3n) is 2.46. The first-order valence-electron chi connectivity index (χ1n) is 5.33. The zero-order valence-corrected chi connectivity index (χ0v) is 12.9. The van der Waals surface area contributed by atoms with Gasteiger partial charge in [-0.1, -0.05) is 6.07 Å². The summed E-state index contributed by atoms with van der Waals surface area (Å²) >= 11 is 2.01. The van der Waals surface area contributed by atoms with Crippen molar-refractivity contribution in [2.75, 3.05) is 10.5 Å². The van der Waals surface area contributed by atoms with Crippen molar-refractivity contribution in [3.05, 3.63) is 51.6 Å². The van der Waals surface area contributed by atoms with Crippen molar-refractivity contribution in [2.45, 2.75) is 4.90 Å². The molecule has 20 heavy (non-hydrogen) atoms. The maximum Gasteiger partial charge on any atom is 0.264 e. The maximum atomic E-state index is 13.8. The third-order valence-corrected chi connectivity index (χ3v) is 4.53. The lowest BCUT2D eigenvalue weighted by Crippen LogP contribution is -2.16. The molecule has 0 saturated heterocycles. The lowest BCUT2D eigenvalue weighted by atomic mass is 10.3. The average molecular weight is 410 g/mol. The molecule has 106 valence electrons. The Morgan fingerprint density at radius 1 is 1.15 bits per heavy atom. The first-order chi connectivity index (χ1) is 9.31. The molecule has 8 heteroatoms. The van der Waals surface area contributed by atoms with Crippen molar-refractivity contribution in [3.63, 3.8) is 0 Å². The van der Waals surface area contributed by atoms with Crippen LogP contribution in [0.1, 0.15) is 0 Å². The number of nitrogen functional groups attached to an aromatic ring is 1. The minimum absolute atomic E-state index is 0.277. The lowest BCUT2D eigenvalue weighted by Gasteiger charge is -2.10. The lowest BCUT2D eigenvalue weighted by molar-refractivity contribution is 0.557. The standard InChI is InChI=1S/C12H9F2IN2O2S/c13-9-4-5-10(11(14)12(9)16)20(18,19)17-8-3-1-2-7(15)6-8/h1-6,17H,16H2. The fraction of sp³-hybridized carbons (Fsp3) is 0. The highest BCUT2D eigenvalue weighted by molar-refractivity contribution is 14.1. The zero-order chi connectivity index (χ0) is 14.9. The monoisotopic (exact) mass is 410 g/mol. The molecule has 2 aromatic carbocycles. The average Bonchev–Trinajstić information content (AvgIpc) is 2.35. The van der Waals surface area contributed by atoms with Crippen LogP contribution in [-0.4, -0.2) is 8.42 Å². The summed E-state index contributed by atoms with van der Waals surface area (Å²) in [6.07, 6.45) is 0. The van der Waals surface area contributed by atoms with Crippen LogP contribution >= 0.6 is 22.6 Å². The third kappa shape index (κ3) is 3.01. The van der Waals surface area contributed by atoms with E-state index in [1.165, 1.54) is 6.07 Å². The molecular formula is C12H9F2IN2O2S. The van der Waals surface area contributed by atoms with Gasteiger partial charge in [-0.15, -0.1) is 0 Å². The van der Waals surface area contributed by atoms with Gasteiger partial charge < -0.3 is 5.73 Å². The number of benzene rings is 2. The molecule has 2 rings (SSSR count). The van der Waals surface area contributed by atoms with Gasteiger partial charge >= 0.3 is 0 Å². The molecule has 0 aliphatic rings. The van der Waals surface area contributed by atoms with Crippen molar-refractivity contribution >= 4 is 44.0 Å². The summed E-state index contributed by atoms with van der Waals surface area (Å²) in [4.78, 5) is -0.699. The predicted molar refractivity (Wildman–Crippen MR) is 80.7 cm³/mol. The van der Waals surface area contributed by atoms with E-state index in [4.69, 9.17) is 5.73 Å². The Bertz CT molecular complexity index is 766. The van der Waals surface area contributed by atoms with E-state index in [0.717, 1.165) is 15.7 Å². The summed E-state index contributed by atoms with van der Waals surface area (Å²) < 4.78 is 54.0. The van der Waals surface area contributed by atoms with Gasteiger partial charge in [0.1, 0.15) is 16.4 Å². The minimum Gasteiger partial charge on any atom is -0.394 e. The summed E-state index contributed by atoms with van der Waals surface area (Å²) in [6, 6.07) is 8.15. The van der Waals surface area contributed by atoms with E-state index in [0.29, 0.717) is 0 Å². The van der Waals surface area contributed by atoms with E-state index >= 15 is 0 Å². The Morgan fingerprint density at radius 3 is 2.50 bits per heavy atom. The first-order valence-corrected chi connectivity index (χ1v) is 7.89. The van der Waals surface area contributed by atoms with Crippen LogP contribution in [-0.2, 0) is 10.0 Å². The van der Waals surface area contributed by atoms with E-state index in [1.807, 2.05) is 22.6 Å². The van der Waals surface area contributed by atoms with Crippen LogP contribution in [0.2, 0.25) is 0 Å². The van der Waals surface area contributed by atoms with Crippen LogP contribution in [0.25, 0.3) is 0 Å². The van der Waals surface area contributed by atoms with Crippen LogP contribution < -0.4 is 10.5 Å². The van der Waals surface area contributed by atoms with Crippen LogP contribution in [0, 0.1) is 15.2 Å². The number of hydrogen-bond acceptors (Lipinski definition) is 3. The number of nitrogens with one attached hydrogen (secondary N) is 1. The number of anilines is 2. The molecule has 0 bridgehead atoms. The SMILES string of the molecule is Nc1c(F)ccc(S(=O)(=O)Nc2cccc(I)c2)c1F. The highest BCUT2D eigenvalue weighted by atomic mass is 127. The molecular weight excluding hydrogens is 401 g/mol. The van der Waals surface area contributed by atoms with E-state index in [1.54, 1.807) is 18.2 Å². The second kappa shape index (κ2) is 5.52. The van der Waals surface area contributed by atoms with E-state index < -0.39 is 32.2 Å². The van der Waals surface area contributed by atoms with E-state index in [9.17, 15) is 17.2 Å². The molecule has 0 amide bonds. The Hall–Kier alpha value is -1.42. The molecule has 4 nitrogen and oxygen atoms in total. The van der Waals surface area contributed by atoms with Crippen molar-refractivity contribution in [2.24, 2.45) is 0 Å². The maximum absolute atomic E-state index is 13.8. The smallest absolute Gasteiger partial charge is 0.264 e. The summed E-state index contributed by atoms with van der Waals surface area (Å²) in [5.74, 6) is -2.31. The van der Waals surface area contributed by atoms with Gasteiger partial charge in [-0.2, -0.15) is 0 Å². The largest absolute Gasteiger partial charge is 0.394 e. The molecule has 0 atom stereocenters. The van der Waals surface area contributed by atoms with E-state index in [2.05, 4.69) is 4.72 Å². The Labute approximate surface area is 128 Å². The molecule has 0 radical (unpaired) electrons. The van der Waals surface area contributed by atoms with Gasteiger partial charge in [0, 0.05) is 9.26 Å². The number of halogens is 3. The number of hydrogen-bond donors (Lipinski definition) is 2. The molecule has 0 saturated carbocycles. The molecule has 2 aromatic rings. The summed E-state index contributed by atoms with van der Waals surface area (Å²) in [5.41, 5.74) is 4.61. The topological polar surface area (TPSA) is 72.2 Å². The summed E-state index contributed by atoms with van der Waals surface area (Å²) in [6.45, 7) is 0. The number of nitrogens with two attached hydrogens (primary N) is 1. The molecule has 0 spiro atoms. The fourth-order valence-electron chi connectivity index (χ4n) is 1.52. The minimum atomic E-state index is -4.18. The van der Waals surface area contributed by atoms with Gasteiger partial charge in [0.25, 0.3) is 10.0 Å². The van der Waals surface area contributed by atoms with Crippen molar-refractivity contribution in [3.8, 4) is 0 Å². The number of sulfonamides is 1. The van der Waals surface area contributed by atoms with Crippen molar-refractivity contribution in [1.82, 2.24) is 0 Å². The van der Waals surface area contributed by atoms with Gasteiger partial charge in [0.15, 0.2) is 5.82 Å². The summed E-state index contributed by atoms with van der Waals surface area (Å²) in [7, 11) is -4.18. The number of rotatable bonds is 3. The second-order valence-corrected chi connectivity index (χ2v) is 6.79. The van der Waals surface area contributed by atoms with Crippen LogP contribution in [0.3, 0.4) is 0 Å². The fourth-order valence-corrected chi connectivity index (χ4v) is 3.20. The first kappa shape index (κ1) is 15.0. The molecule has 0 unspecified atom stereocenters. The molecule has 0 fully saturated rings.